The molecule has 3 rings (SSSR count). The number of primary amides is 1. The summed E-state index contributed by atoms with van der Waals surface area (Å²) in [5, 5.41) is 0.899. The van der Waals surface area contributed by atoms with Crippen LogP contribution in [0.1, 0.15) is 40.8 Å². The molecule has 134 valence electrons. The molecular weight excluding hydrogens is 340 g/mol. The van der Waals surface area contributed by atoms with E-state index in [4.69, 9.17) is 10.5 Å². The molecule has 25 heavy (non-hydrogen) atoms. The number of nitrogens with zero attached hydrogens (tertiary/aromatic N) is 3. The number of esters is 1. The van der Waals surface area contributed by atoms with E-state index in [1.54, 1.807) is 6.92 Å². The van der Waals surface area contributed by atoms with E-state index in [0.717, 1.165) is 21.6 Å². The molecule has 1 aliphatic rings. The van der Waals surface area contributed by atoms with Crippen LogP contribution in [-0.4, -0.2) is 41.5 Å². The van der Waals surface area contributed by atoms with Crippen molar-refractivity contribution in [2.24, 2.45) is 11.7 Å². The lowest BCUT2D eigenvalue weighted by Gasteiger charge is -2.32. The van der Waals surface area contributed by atoms with Gasteiger partial charge in [-0.1, -0.05) is 0 Å². The number of aryl methyl sites for hydroxylation is 2. The molecule has 0 saturated carbocycles. The molecule has 8 heteroatoms. The van der Waals surface area contributed by atoms with Crippen LogP contribution in [0, 0.1) is 19.8 Å². The summed E-state index contributed by atoms with van der Waals surface area (Å²) in [4.78, 5) is 36.2. The Balaban J connectivity index is 2.01. The van der Waals surface area contributed by atoms with Gasteiger partial charge in [0.1, 0.15) is 21.3 Å². The fraction of sp³-hybridized carbons (Fsp3) is 0.529. The second kappa shape index (κ2) is 6.95. The van der Waals surface area contributed by atoms with Gasteiger partial charge in [0, 0.05) is 19.0 Å². The summed E-state index contributed by atoms with van der Waals surface area (Å²) >= 11 is 1.34. The third-order valence-electron chi connectivity index (χ3n) is 4.54. The van der Waals surface area contributed by atoms with Gasteiger partial charge in [-0.25, -0.2) is 14.8 Å². The van der Waals surface area contributed by atoms with Crippen molar-refractivity contribution in [1.29, 1.82) is 0 Å². The first-order valence-electron chi connectivity index (χ1n) is 8.41. The van der Waals surface area contributed by atoms with Crippen LogP contribution >= 0.6 is 11.3 Å². The topological polar surface area (TPSA) is 98.4 Å². The molecule has 3 heterocycles. The molecule has 0 bridgehead atoms. The number of carbonyl (C=O) groups is 2. The highest BCUT2D eigenvalue weighted by molar-refractivity contribution is 7.20. The molecule has 0 spiro atoms. The number of piperidine rings is 1. The lowest BCUT2D eigenvalue weighted by atomic mass is 9.96. The molecule has 2 aromatic heterocycles. The van der Waals surface area contributed by atoms with Crippen LogP contribution in [0.3, 0.4) is 0 Å². The number of amides is 1. The molecule has 2 aromatic rings. The lowest BCUT2D eigenvalue weighted by molar-refractivity contribution is -0.122. The first-order valence-corrected chi connectivity index (χ1v) is 9.23. The molecule has 1 amide bonds. The molecule has 0 unspecified atom stereocenters. The molecule has 1 aliphatic heterocycles. The maximum Gasteiger partial charge on any atom is 0.348 e. The van der Waals surface area contributed by atoms with E-state index in [1.807, 2.05) is 13.8 Å². The SMILES string of the molecule is CCOC(=O)c1sc2nc(C)nc(N3CCC(C(N)=O)CC3)c2c1C. The van der Waals surface area contributed by atoms with Crippen LogP contribution in [0.5, 0.6) is 0 Å². The van der Waals surface area contributed by atoms with Crippen LogP contribution in [0.4, 0.5) is 5.82 Å². The summed E-state index contributed by atoms with van der Waals surface area (Å²) in [6.45, 7) is 7.30. The molecule has 0 radical (unpaired) electrons. The van der Waals surface area contributed by atoms with Crippen LogP contribution in [0.2, 0.25) is 0 Å². The maximum absolute atomic E-state index is 12.2. The fourth-order valence-electron chi connectivity index (χ4n) is 3.22. The van der Waals surface area contributed by atoms with Crippen LogP contribution in [-0.2, 0) is 9.53 Å². The zero-order chi connectivity index (χ0) is 18.1. The molecule has 2 N–H and O–H groups in total. The quantitative estimate of drug-likeness (QED) is 0.837. The molecule has 1 fully saturated rings. The van der Waals surface area contributed by atoms with Gasteiger partial charge in [0.05, 0.1) is 12.0 Å². The van der Waals surface area contributed by atoms with Crippen molar-refractivity contribution in [3.05, 3.63) is 16.3 Å². The molecule has 1 saturated heterocycles. The summed E-state index contributed by atoms with van der Waals surface area (Å²) < 4.78 is 5.15. The van der Waals surface area contributed by atoms with Crippen LogP contribution in [0.15, 0.2) is 0 Å². The summed E-state index contributed by atoms with van der Waals surface area (Å²) in [7, 11) is 0. The zero-order valence-electron chi connectivity index (χ0n) is 14.7. The number of rotatable bonds is 4. The van der Waals surface area contributed by atoms with E-state index in [-0.39, 0.29) is 17.8 Å². The molecule has 0 aliphatic carbocycles. The van der Waals surface area contributed by atoms with Crippen LogP contribution in [0.25, 0.3) is 10.2 Å². The van der Waals surface area contributed by atoms with Gasteiger partial charge in [0.25, 0.3) is 0 Å². The first-order chi connectivity index (χ1) is 11.9. The number of anilines is 1. The van der Waals surface area contributed by atoms with Gasteiger partial charge < -0.3 is 15.4 Å². The lowest BCUT2D eigenvalue weighted by Crippen LogP contribution is -2.39. The van der Waals surface area contributed by atoms with E-state index in [0.29, 0.717) is 43.2 Å². The molecular formula is C17H22N4O3S. The third kappa shape index (κ3) is 3.30. The Morgan fingerprint density at radius 3 is 2.56 bits per heavy atom. The average molecular weight is 362 g/mol. The monoisotopic (exact) mass is 362 g/mol. The van der Waals surface area contributed by atoms with Crippen molar-refractivity contribution < 1.29 is 14.3 Å². The van der Waals surface area contributed by atoms with Crippen molar-refractivity contribution in [3.63, 3.8) is 0 Å². The number of nitrogens with two attached hydrogens (primary N) is 1. The predicted molar refractivity (Wildman–Crippen MR) is 97.0 cm³/mol. The van der Waals surface area contributed by atoms with Crippen LogP contribution < -0.4 is 10.6 Å². The number of thiophene rings is 1. The number of fused-ring (bicyclic) bond motifs is 1. The third-order valence-corrected chi connectivity index (χ3v) is 5.71. The number of hydrogen-bond acceptors (Lipinski definition) is 7. The second-order valence-electron chi connectivity index (χ2n) is 6.21. The number of carbonyl (C=O) groups excluding carboxylic acids is 2. The van der Waals surface area contributed by atoms with Crippen molar-refractivity contribution in [2.45, 2.75) is 33.6 Å². The zero-order valence-corrected chi connectivity index (χ0v) is 15.5. The average Bonchev–Trinajstić information content (AvgIpc) is 2.91. The first kappa shape index (κ1) is 17.6. The second-order valence-corrected chi connectivity index (χ2v) is 7.21. The minimum Gasteiger partial charge on any atom is -0.462 e. The summed E-state index contributed by atoms with van der Waals surface area (Å²) in [6.07, 6.45) is 1.43. The Labute approximate surface area is 150 Å². The Morgan fingerprint density at radius 1 is 1.28 bits per heavy atom. The minimum atomic E-state index is -0.320. The molecule has 0 aromatic carbocycles. The van der Waals surface area contributed by atoms with E-state index in [9.17, 15) is 9.59 Å². The van der Waals surface area contributed by atoms with Gasteiger partial charge in [-0.2, -0.15) is 0 Å². The van der Waals surface area contributed by atoms with Gasteiger partial charge in [-0.3, -0.25) is 4.79 Å². The standard InChI is InChI=1S/C17H22N4O3S/c1-4-24-17(23)13-9(2)12-15(19-10(3)20-16(12)25-13)21-7-5-11(6-8-21)14(18)22/h11H,4-8H2,1-3H3,(H2,18,22). The highest BCUT2D eigenvalue weighted by atomic mass is 32.1. The van der Waals surface area contributed by atoms with E-state index >= 15 is 0 Å². The van der Waals surface area contributed by atoms with Crippen molar-refractivity contribution in [3.8, 4) is 0 Å². The normalized spacial score (nSPS) is 15.6. The number of aromatic nitrogens is 2. The number of ether oxygens (including phenoxy) is 1. The smallest absolute Gasteiger partial charge is 0.348 e. The molecule has 7 nitrogen and oxygen atoms in total. The highest BCUT2D eigenvalue weighted by Crippen LogP contribution is 2.37. The summed E-state index contributed by atoms with van der Waals surface area (Å²) in [5.41, 5.74) is 6.27. The number of hydrogen-bond donors (Lipinski definition) is 1. The van der Waals surface area contributed by atoms with Crippen molar-refractivity contribution in [2.75, 3.05) is 24.6 Å². The van der Waals surface area contributed by atoms with Gasteiger partial charge in [-0.05, 0) is 39.2 Å². The molecule has 0 atom stereocenters. The van der Waals surface area contributed by atoms with Gasteiger partial charge in [0.2, 0.25) is 5.91 Å². The largest absolute Gasteiger partial charge is 0.462 e. The minimum absolute atomic E-state index is 0.0756. The van der Waals surface area contributed by atoms with Crippen molar-refractivity contribution >= 4 is 39.2 Å². The Kier molecular flexibility index (Phi) is 4.89. The van der Waals surface area contributed by atoms with Gasteiger partial charge in [-0.15, -0.1) is 11.3 Å². The Hall–Kier alpha value is -2.22. The summed E-state index contributed by atoms with van der Waals surface area (Å²) in [6, 6.07) is 0. The Morgan fingerprint density at radius 2 is 1.96 bits per heavy atom. The highest BCUT2D eigenvalue weighted by Gasteiger charge is 2.27. The van der Waals surface area contributed by atoms with Gasteiger partial charge in [0.15, 0.2) is 0 Å². The Bertz CT molecular complexity index is 825. The predicted octanol–water partition coefficient (Wildman–Crippen LogP) is 2.19. The van der Waals surface area contributed by atoms with Crippen molar-refractivity contribution in [1.82, 2.24) is 9.97 Å². The maximum atomic E-state index is 12.2. The van der Waals surface area contributed by atoms with Gasteiger partial charge >= 0.3 is 5.97 Å². The van der Waals surface area contributed by atoms with E-state index < -0.39 is 0 Å². The fourth-order valence-corrected chi connectivity index (χ4v) is 4.33. The summed E-state index contributed by atoms with van der Waals surface area (Å²) in [5.74, 6) is 0.859. The van der Waals surface area contributed by atoms with E-state index in [2.05, 4.69) is 14.9 Å². The van der Waals surface area contributed by atoms with E-state index in [1.165, 1.54) is 11.3 Å².